The topological polar surface area (TPSA) is 76.9 Å². The molecule has 6 nitrogen and oxygen atoms in total. The lowest BCUT2D eigenvalue weighted by Gasteiger charge is -2.14. The highest BCUT2D eigenvalue weighted by Crippen LogP contribution is 2.35. The van der Waals surface area contributed by atoms with Gasteiger partial charge in [-0.2, -0.15) is 0 Å². The van der Waals surface area contributed by atoms with Gasteiger partial charge in [0, 0.05) is 11.1 Å². The van der Waals surface area contributed by atoms with E-state index in [0.29, 0.717) is 16.0 Å². The number of nitrogens with one attached hydrogen (secondary N) is 1. The molecule has 34 heavy (non-hydrogen) atoms. The lowest BCUT2D eigenvalue weighted by molar-refractivity contribution is -0.113. The van der Waals surface area contributed by atoms with E-state index in [-0.39, 0.29) is 17.2 Å². The number of halogens is 1. The van der Waals surface area contributed by atoms with E-state index in [2.05, 4.69) is 16.4 Å². The number of hydrogen-bond acceptors (Lipinski definition) is 6. The van der Waals surface area contributed by atoms with Gasteiger partial charge in [-0.3, -0.25) is 14.2 Å². The minimum Gasteiger partial charge on any atom is -0.310 e. The number of fused-ring (bicyclic) bond motifs is 3. The van der Waals surface area contributed by atoms with Crippen LogP contribution in [0.25, 0.3) is 15.9 Å². The number of carbonyl (C=O) groups is 1. The number of nitrogens with zero attached hydrogens (tertiary/aromatic N) is 3. The van der Waals surface area contributed by atoms with Gasteiger partial charge in [0.25, 0.3) is 5.56 Å². The molecule has 5 rings (SSSR count). The van der Waals surface area contributed by atoms with Crippen molar-refractivity contribution >= 4 is 56.6 Å². The van der Waals surface area contributed by atoms with Crippen molar-refractivity contribution in [2.75, 3.05) is 11.1 Å². The van der Waals surface area contributed by atoms with Gasteiger partial charge in [-0.1, -0.05) is 29.4 Å². The van der Waals surface area contributed by atoms with Crippen LogP contribution in [0.5, 0.6) is 0 Å². The first-order valence-electron chi connectivity index (χ1n) is 11.1. The number of thiophene rings is 1. The van der Waals surface area contributed by atoms with Gasteiger partial charge in [-0.05, 0) is 80.5 Å². The summed E-state index contributed by atoms with van der Waals surface area (Å²) in [6.07, 6.45) is 5.64. The summed E-state index contributed by atoms with van der Waals surface area (Å²) >= 11 is 8.74. The molecule has 1 amide bonds. The van der Waals surface area contributed by atoms with Gasteiger partial charge in [0.05, 0.1) is 21.8 Å². The number of pyridine rings is 1. The number of aryl methyl sites for hydroxylation is 4. The summed E-state index contributed by atoms with van der Waals surface area (Å²) in [6.45, 7) is 4.03. The largest absolute Gasteiger partial charge is 0.310 e. The van der Waals surface area contributed by atoms with E-state index in [9.17, 15) is 9.59 Å². The summed E-state index contributed by atoms with van der Waals surface area (Å²) in [6, 6.07) is 9.37. The third-order valence-corrected chi connectivity index (χ3v) is 8.10. The molecular formula is C25H23ClN4O2S2. The van der Waals surface area contributed by atoms with Gasteiger partial charge in [0.1, 0.15) is 10.6 Å². The molecule has 4 aromatic rings. The van der Waals surface area contributed by atoms with E-state index in [1.807, 2.05) is 26.0 Å². The highest BCUT2D eigenvalue weighted by atomic mass is 35.5. The monoisotopic (exact) mass is 510 g/mol. The molecule has 0 bridgehead atoms. The van der Waals surface area contributed by atoms with E-state index < -0.39 is 0 Å². The quantitative estimate of drug-likeness (QED) is 0.274. The summed E-state index contributed by atoms with van der Waals surface area (Å²) in [5, 5.41) is 4.52. The minimum atomic E-state index is -0.230. The fourth-order valence-electron chi connectivity index (χ4n) is 4.35. The highest BCUT2D eigenvalue weighted by Gasteiger charge is 2.23. The summed E-state index contributed by atoms with van der Waals surface area (Å²) < 4.78 is 1.67. The third-order valence-electron chi connectivity index (χ3n) is 5.75. The van der Waals surface area contributed by atoms with Crippen LogP contribution in [-0.2, 0) is 17.6 Å². The summed E-state index contributed by atoms with van der Waals surface area (Å²) in [4.78, 5) is 37.5. The Morgan fingerprint density at radius 1 is 1.18 bits per heavy atom. The van der Waals surface area contributed by atoms with Crippen molar-refractivity contribution in [1.82, 2.24) is 14.5 Å². The first-order valence-corrected chi connectivity index (χ1v) is 13.3. The number of aromatic nitrogens is 3. The summed E-state index contributed by atoms with van der Waals surface area (Å²) in [5.74, 6) is 0.292. The number of hydrogen-bond donors (Lipinski definition) is 1. The van der Waals surface area contributed by atoms with Gasteiger partial charge >= 0.3 is 0 Å². The number of thioether (sulfide) groups is 1. The molecule has 3 aromatic heterocycles. The van der Waals surface area contributed by atoms with Crippen molar-refractivity contribution in [3.05, 3.63) is 73.5 Å². The van der Waals surface area contributed by atoms with Crippen LogP contribution >= 0.6 is 34.7 Å². The van der Waals surface area contributed by atoms with Crippen molar-refractivity contribution in [2.45, 2.75) is 44.7 Å². The van der Waals surface area contributed by atoms with Crippen LogP contribution in [0.1, 0.15) is 34.4 Å². The van der Waals surface area contributed by atoms with Gasteiger partial charge in [0.2, 0.25) is 5.91 Å². The second-order valence-corrected chi connectivity index (χ2v) is 10.9. The Morgan fingerprint density at radius 2 is 1.94 bits per heavy atom. The van der Waals surface area contributed by atoms with E-state index >= 15 is 0 Å². The Balaban J connectivity index is 1.54. The van der Waals surface area contributed by atoms with Crippen LogP contribution in [0, 0.1) is 13.8 Å². The van der Waals surface area contributed by atoms with Crippen LogP contribution in [-0.4, -0.2) is 26.2 Å². The zero-order chi connectivity index (χ0) is 23.8. The van der Waals surface area contributed by atoms with Crippen LogP contribution in [0.3, 0.4) is 0 Å². The molecule has 1 aromatic carbocycles. The molecule has 3 heterocycles. The van der Waals surface area contributed by atoms with Gasteiger partial charge < -0.3 is 5.32 Å². The fraction of sp³-hybridized carbons (Fsp3) is 0.280. The van der Waals surface area contributed by atoms with Crippen LogP contribution < -0.4 is 10.9 Å². The molecule has 9 heteroatoms. The Labute approximate surface area is 210 Å². The van der Waals surface area contributed by atoms with Gasteiger partial charge in [-0.15, -0.1) is 11.3 Å². The predicted octanol–water partition coefficient (Wildman–Crippen LogP) is 5.72. The number of rotatable bonds is 5. The van der Waals surface area contributed by atoms with E-state index in [0.717, 1.165) is 58.3 Å². The molecule has 0 aliphatic heterocycles. The molecule has 0 radical (unpaired) electrons. The Bertz CT molecular complexity index is 1440. The van der Waals surface area contributed by atoms with E-state index in [1.165, 1.54) is 22.8 Å². The van der Waals surface area contributed by atoms with Crippen molar-refractivity contribution in [1.29, 1.82) is 0 Å². The first-order chi connectivity index (χ1) is 16.4. The lowest BCUT2D eigenvalue weighted by Crippen LogP contribution is -2.23. The molecule has 0 atom stereocenters. The molecule has 1 N–H and O–H groups in total. The Hall–Kier alpha value is -2.68. The smallest absolute Gasteiger partial charge is 0.267 e. The third kappa shape index (κ3) is 4.62. The predicted molar refractivity (Wildman–Crippen MR) is 140 cm³/mol. The summed E-state index contributed by atoms with van der Waals surface area (Å²) in [7, 11) is 0. The standard InChI is InChI=1S/C25H23ClN4O2S2/c1-14-9-15(2)11-17(10-14)30-24(32)22-18-5-3-4-6-19(18)34-23(22)29-25(30)33-13-21(31)28-20-8-7-16(26)12-27-20/h7-12H,3-6,13H2,1-2H3,(H,27,28,31). The van der Waals surface area contributed by atoms with Crippen molar-refractivity contribution in [3.63, 3.8) is 0 Å². The van der Waals surface area contributed by atoms with Crippen LogP contribution in [0.2, 0.25) is 5.02 Å². The molecule has 1 aliphatic rings. The molecule has 1 aliphatic carbocycles. The van der Waals surface area contributed by atoms with E-state index in [4.69, 9.17) is 16.6 Å². The van der Waals surface area contributed by atoms with Crippen LogP contribution in [0.15, 0.2) is 46.5 Å². The highest BCUT2D eigenvalue weighted by molar-refractivity contribution is 7.99. The molecule has 0 unspecified atom stereocenters. The molecule has 0 spiro atoms. The van der Waals surface area contributed by atoms with Crippen molar-refractivity contribution in [2.24, 2.45) is 0 Å². The molecular weight excluding hydrogens is 488 g/mol. The maximum atomic E-state index is 13.9. The maximum absolute atomic E-state index is 13.9. The molecule has 0 saturated carbocycles. The number of amides is 1. The SMILES string of the molecule is Cc1cc(C)cc(-n2c(SCC(=O)Nc3ccc(Cl)cn3)nc3sc4c(c3c2=O)CCCC4)c1. The molecule has 174 valence electrons. The van der Waals surface area contributed by atoms with Gasteiger partial charge in [-0.25, -0.2) is 9.97 Å². The van der Waals surface area contributed by atoms with Crippen LogP contribution in [0.4, 0.5) is 5.82 Å². The van der Waals surface area contributed by atoms with E-state index in [1.54, 1.807) is 28.0 Å². The second kappa shape index (κ2) is 9.52. The lowest BCUT2D eigenvalue weighted by atomic mass is 9.97. The maximum Gasteiger partial charge on any atom is 0.267 e. The number of anilines is 1. The number of benzene rings is 1. The van der Waals surface area contributed by atoms with Gasteiger partial charge in [0.15, 0.2) is 5.16 Å². The molecule has 0 fully saturated rings. The fourth-order valence-corrected chi connectivity index (χ4v) is 6.58. The zero-order valence-electron chi connectivity index (χ0n) is 18.9. The Kier molecular flexibility index (Phi) is 6.46. The average molecular weight is 511 g/mol. The number of carbonyl (C=O) groups excluding carboxylic acids is 1. The second-order valence-electron chi connectivity index (χ2n) is 8.47. The Morgan fingerprint density at radius 3 is 2.68 bits per heavy atom. The van der Waals surface area contributed by atoms with Crippen molar-refractivity contribution in [3.8, 4) is 5.69 Å². The normalized spacial score (nSPS) is 13.1. The minimum absolute atomic E-state index is 0.0586. The molecule has 0 saturated heterocycles. The average Bonchev–Trinajstić information content (AvgIpc) is 3.17. The summed E-state index contributed by atoms with van der Waals surface area (Å²) in [5.41, 5.74) is 4.00. The van der Waals surface area contributed by atoms with Crippen molar-refractivity contribution < 1.29 is 4.79 Å². The zero-order valence-corrected chi connectivity index (χ0v) is 21.2. The first kappa shape index (κ1) is 23.1.